The number of rotatable bonds is 8. The predicted octanol–water partition coefficient (Wildman–Crippen LogP) is 1.38. The first-order valence-corrected chi connectivity index (χ1v) is 8.44. The van der Waals surface area contributed by atoms with Gasteiger partial charge >= 0.3 is 5.97 Å². The van der Waals surface area contributed by atoms with Crippen LogP contribution >= 0.6 is 0 Å². The number of carbonyl (C=O) groups is 1. The number of ether oxygens (including phenoxy) is 1. The molecule has 0 aliphatic rings. The molecule has 0 radical (unpaired) electrons. The Balaban J connectivity index is 2.77. The summed E-state index contributed by atoms with van der Waals surface area (Å²) in [6.45, 7) is 3.43. The maximum atomic E-state index is 11.7. The summed E-state index contributed by atoms with van der Waals surface area (Å²) in [6, 6.07) is 2.82. The molecule has 2 unspecified atom stereocenters. The summed E-state index contributed by atoms with van der Waals surface area (Å²) in [5.41, 5.74) is 0.650. The summed E-state index contributed by atoms with van der Waals surface area (Å²) in [4.78, 5) is 15.5. The Labute approximate surface area is 130 Å². The molecule has 2 atom stereocenters. The van der Waals surface area contributed by atoms with Gasteiger partial charge in [0.1, 0.15) is 11.5 Å². The zero-order chi connectivity index (χ0) is 16.8. The van der Waals surface area contributed by atoms with Crippen LogP contribution < -0.4 is 0 Å². The van der Waals surface area contributed by atoms with Gasteiger partial charge in [-0.1, -0.05) is 13.8 Å². The van der Waals surface area contributed by atoms with E-state index in [1.165, 1.54) is 12.1 Å². The third kappa shape index (κ3) is 5.36. The largest absolute Gasteiger partial charge is 0.463 e. The van der Waals surface area contributed by atoms with Crippen molar-refractivity contribution in [3.63, 3.8) is 0 Å². The van der Waals surface area contributed by atoms with Gasteiger partial charge in [-0.25, -0.2) is 0 Å². The van der Waals surface area contributed by atoms with Crippen LogP contribution in [0.2, 0.25) is 0 Å². The second-order valence-corrected chi connectivity index (χ2v) is 6.45. The number of carbonyl (C=O) groups excluding carboxylic acids is 1. The van der Waals surface area contributed by atoms with Crippen molar-refractivity contribution in [3.05, 3.63) is 24.0 Å². The second-order valence-electron chi connectivity index (χ2n) is 5.03. The fourth-order valence-electron chi connectivity index (χ4n) is 2.09. The van der Waals surface area contributed by atoms with Gasteiger partial charge in [-0.05, 0) is 25.0 Å². The number of hydrogen-bond acceptors (Lipinski definition) is 6. The van der Waals surface area contributed by atoms with Crippen LogP contribution in [-0.2, 0) is 19.6 Å². The van der Waals surface area contributed by atoms with Gasteiger partial charge in [0.2, 0.25) is 0 Å². The highest BCUT2D eigenvalue weighted by molar-refractivity contribution is 7.85. The summed E-state index contributed by atoms with van der Waals surface area (Å²) in [6.07, 6.45) is 2.32. The molecule has 0 fully saturated rings. The molecule has 1 aromatic rings. The van der Waals surface area contributed by atoms with Crippen LogP contribution in [0.15, 0.2) is 23.2 Å². The summed E-state index contributed by atoms with van der Waals surface area (Å²) in [7, 11) is -4.26. The maximum Gasteiger partial charge on any atom is 0.308 e. The van der Waals surface area contributed by atoms with E-state index in [0.717, 1.165) is 12.6 Å². The molecule has 0 aliphatic heterocycles. The van der Waals surface area contributed by atoms with Crippen LogP contribution in [0.3, 0.4) is 0 Å². The summed E-state index contributed by atoms with van der Waals surface area (Å²) >= 11 is 0. The van der Waals surface area contributed by atoms with Gasteiger partial charge in [0.05, 0.1) is 12.5 Å². The smallest absolute Gasteiger partial charge is 0.308 e. The number of aromatic nitrogens is 1. The number of hydrogen-bond donors (Lipinski definition) is 2. The van der Waals surface area contributed by atoms with E-state index in [9.17, 15) is 13.2 Å². The van der Waals surface area contributed by atoms with Gasteiger partial charge in [-0.2, -0.15) is 8.42 Å². The fourth-order valence-corrected chi connectivity index (χ4v) is 2.52. The van der Waals surface area contributed by atoms with Crippen LogP contribution in [0, 0.1) is 5.92 Å². The zero-order valence-electron chi connectivity index (χ0n) is 12.6. The standard InChI is InChI=1S/C14H21NO6S/c1-3-11(8-10(2)14(17)21-7-6-16)13-5-4-12(9-15-13)22(18,19)20/h4-5,9-11,16H,3,6-8H2,1-2H3,(H,18,19,20). The SMILES string of the molecule is CCC(CC(C)C(=O)OCCO)c1ccc(S(=O)(=O)O)cn1. The molecule has 8 heteroatoms. The molecule has 0 spiro atoms. The fraction of sp³-hybridized carbons (Fsp3) is 0.571. The van der Waals surface area contributed by atoms with Gasteiger partial charge in [0, 0.05) is 17.8 Å². The topological polar surface area (TPSA) is 114 Å². The lowest BCUT2D eigenvalue weighted by Crippen LogP contribution is -2.19. The van der Waals surface area contributed by atoms with Crippen molar-refractivity contribution in [3.8, 4) is 0 Å². The third-order valence-electron chi connectivity index (χ3n) is 3.34. The van der Waals surface area contributed by atoms with E-state index in [4.69, 9.17) is 14.4 Å². The molecule has 0 aromatic carbocycles. The Morgan fingerprint density at radius 1 is 1.41 bits per heavy atom. The molecule has 1 aromatic heterocycles. The first kappa shape index (κ1) is 18.5. The lowest BCUT2D eigenvalue weighted by atomic mass is 9.90. The molecule has 124 valence electrons. The number of aliphatic hydroxyl groups is 1. The molecule has 2 N–H and O–H groups in total. The minimum absolute atomic E-state index is 0.0265. The van der Waals surface area contributed by atoms with Crippen molar-refractivity contribution in [2.45, 2.75) is 37.5 Å². The average Bonchev–Trinajstić information content (AvgIpc) is 2.49. The van der Waals surface area contributed by atoms with Gasteiger partial charge < -0.3 is 9.84 Å². The minimum atomic E-state index is -4.26. The Bertz CT molecular complexity index is 584. The summed E-state index contributed by atoms with van der Waals surface area (Å²) < 4.78 is 35.8. The average molecular weight is 331 g/mol. The molecular weight excluding hydrogens is 310 g/mol. The van der Waals surface area contributed by atoms with Gasteiger partial charge in [0.25, 0.3) is 10.1 Å². The Kier molecular flexibility index (Phi) is 6.92. The molecule has 1 heterocycles. The van der Waals surface area contributed by atoms with E-state index >= 15 is 0 Å². The van der Waals surface area contributed by atoms with Gasteiger partial charge in [-0.3, -0.25) is 14.3 Å². The van der Waals surface area contributed by atoms with Crippen molar-refractivity contribution < 1.29 is 27.6 Å². The summed E-state index contributed by atoms with van der Waals surface area (Å²) in [5, 5.41) is 8.64. The van der Waals surface area contributed by atoms with Crippen LogP contribution in [0.4, 0.5) is 0 Å². The van der Waals surface area contributed by atoms with Crippen LogP contribution in [0.1, 0.15) is 38.3 Å². The van der Waals surface area contributed by atoms with Gasteiger partial charge in [-0.15, -0.1) is 0 Å². The quantitative estimate of drug-likeness (QED) is 0.546. The third-order valence-corrected chi connectivity index (χ3v) is 4.18. The molecule has 22 heavy (non-hydrogen) atoms. The van der Waals surface area contributed by atoms with E-state index in [-0.39, 0.29) is 35.9 Å². The number of nitrogens with zero attached hydrogens (tertiary/aromatic N) is 1. The monoisotopic (exact) mass is 331 g/mol. The predicted molar refractivity (Wildman–Crippen MR) is 78.9 cm³/mol. The van der Waals surface area contributed by atoms with E-state index in [0.29, 0.717) is 12.1 Å². The van der Waals surface area contributed by atoms with Crippen molar-refractivity contribution in [2.75, 3.05) is 13.2 Å². The number of pyridine rings is 1. The van der Waals surface area contributed by atoms with Crippen molar-refractivity contribution in [1.82, 2.24) is 4.98 Å². The van der Waals surface area contributed by atoms with Crippen LogP contribution in [0.25, 0.3) is 0 Å². The van der Waals surface area contributed by atoms with Crippen molar-refractivity contribution in [1.29, 1.82) is 0 Å². The molecule has 0 aliphatic carbocycles. The lowest BCUT2D eigenvalue weighted by molar-refractivity contribution is -0.149. The number of aliphatic hydroxyl groups excluding tert-OH is 1. The first-order valence-electron chi connectivity index (χ1n) is 7.00. The minimum Gasteiger partial charge on any atom is -0.463 e. The van der Waals surface area contributed by atoms with Gasteiger partial charge in [0.15, 0.2) is 0 Å². The lowest BCUT2D eigenvalue weighted by Gasteiger charge is -2.18. The second kappa shape index (κ2) is 8.21. The highest BCUT2D eigenvalue weighted by Crippen LogP contribution is 2.26. The molecule has 0 saturated heterocycles. The van der Waals surface area contributed by atoms with E-state index in [1.807, 2.05) is 6.92 Å². The van der Waals surface area contributed by atoms with Crippen molar-refractivity contribution >= 4 is 16.1 Å². The normalized spacial score (nSPS) is 14.4. The van der Waals surface area contributed by atoms with Crippen LogP contribution in [0.5, 0.6) is 0 Å². The molecule has 0 bridgehead atoms. The Morgan fingerprint density at radius 2 is 2.09 bits per heavy atom. The number of esters is 1. The van der Waals surface area contributed by atoms with Crippen LogP contribution in [-0.4, -0.2) is 42.2 Å². The van der Waals surface area contributed by atoms with Crippen molar-refractivity contribution in [2.24, 2.45) is 5.92 Å². The molecule has 1 rings (SSSR count). The Hall–Kier alpha value is -1.51. The van der Waals surface area contributed by atoms with E-state index in [1.54, 1.807) is 6.92 Å². The highest BCUT2D eigenvalue weighted by atomic mass is 32.2. The molecule has 0 amide bonds. The molecule has 0 saturated carbocycles. The molecule has 7 nitrogen and oxygen atoms in total. The van der Waals surface area contributed by atoms with E-state index < -0.39 is 10.1 Å². The first-order chi connectivity index (χ1) is 10.3. The highest BCUT2D eigenvalue weighted by Gasteiger charge is 2.21. The summed E-state index contributed by atoms with van der Waals surface area (Å²) in [5.74, 6) is -0.784. The zero-order valence-corrected chi connectivity index (χ0v) is 13.4. The van der Waals surface area contributed by atoms with E-state index in [2.05, 4.69) is 4.98 Å². The maximum absolute atomic E-state index is 11.7. The Morgan fingerprint density at radius 3 is 2.55 bits per heavy atom. The molecular formula is C14H21NO6S.